The number of nitrogens with one attached hydrogen (secondary N) is 1. The molecule has 0 radical (unpaired) electrons. The molecule has 0 atom stereocenters. The molecule has 5 nitrogen and oxygen atoms in total. The van der Waals surface area contributed by atoms with Gasteiger partial charge in [-0.2, -0.15) is 0 Å². The number of hydrogen-bond acceptors (Lipinski definition) is 3. The normalized spacial score (nSPS) is 16.6. The van der Waals surface area contributed by atoms with E-state index in [1.54, 1.807) is 4.90 Å². The molecule has 2 amide bonds. The van der Waals surface area contributed by atoms with Gasteiger partial charge in [-0.1, -0.05) is 6.58 Å². The lowest BCUT2D eigenvalue weighted by Crippen LogP contribution is -2.42. The van der Waals surface area contributed by atoms with Gasteiger partial charge in [0.1, 0.15) is 5.60 Å². The van der Waals surface area contributed by atoms with Gasteiger partial charge in [0.2, 0.25) is 5.91 Å². The molecule has 1 saturated heterocycles. The van der Waals surface area contributed by atoms with Crippen LogP contribution >= 0.6 is 0 Å². The number of amides is 2. The van der Waals surface area contributed by atoms with E-state index >= 15 is 0 Å². The van der Waals surface area contributed by atoms with Gasteiger partial charge in [0.25, 0.3) is 0 Å². The number of carbonyl (C=O) groups excluding carboxylic acids is 2. The van der Waals surface area contributed by atoms with Crippen LogP contribution in [0.3, 0.4) is 0 Å². The molecule has 1 aliphatic heterocycles. The SMILES string of the molecule is C=CC(=O)NCCC1CCN(C(=O)OC(C)(C)C)CC1. The van der Waals surface area contributed by atoms with E-state index in [-0.39, 0.29) is 12.0 Å². The van der Waals surface area contributed by atoms with Crippen LogP contribution in [0.15, 0.2) is 12.7 Å². The Bertz CT molecular complexity index is 353. The highest BCUT2D eigenvalue weighted by atomic mass is 16.6. The summed E-state index contributed by atoms with van der Waals surface area (Å²) in [7, 11) is 0. The van der Waals surface area contributed by atoms with Crippen molar-refractivity contribution in [1.82, 2.24) is 10.2 Å². The van der Waals surface area contributed by atoms with Gasteiger partial charge in [0.05, 0.1) is 0 Å². The Labute approximate surface area is 121 Å². The quantitative estimate of drug-likeness (QED) is 0.805. The van der Waals surface area contributed by atoms with Crippen LogP contribution < -0.4 is 5.32 Å². The van der Waals surface area contributed by atoms with Crippen LogP contribution in [0.25, 0.3) is 0 Å². The molecule has 1 heterocycles. The second-order valence-electron chi connectivity index (χ2n) is 6.19. The molecule has 0 aromatic heterocycles. The first-order valence-corrected chi connectivity index (χ1v) is 7.20. The van der Waals surface area contributed by atoms with E-state index in [1.165, 1.54) is 6.08 Å². The van der Waals surface area contributed by atoms with Crippen molar-refractivity contribution < 1.29 is 14.3 Å². The van der Waals surface area contributed by atoms with E-state index in [2.05, 4.69) is 11.9 Å². The zero-order valence-corrected chi connectivity index (χ0v) is 12.8. The van der Waals surface area contributed by atoms with Crippen LogP contribution in [-0.2, 0) is 9.53 Å². The zero-order valence-electron chi connectivity index (χ0n) is 12.8. The van der Waals surface area contributed by atoms with Crippen molar-refractivity contribution in [3.63, 3.8) is 0 Å². The van der Waals surface area contributed by atoms with Crippen molar-refractivity contribution in [1.29, 1.82) is 0 Å². The highest BCUT2D eigenvalue weighted by Crippen LogP contribution is 2.21. The van der Waals surface area contributed by atoms with E-state index in [0.717, 1.165) is 32.4 Å². The monoisotopic (exact) mass is 282 g/mol. The summed E-state index contributed by atoms with van der Waals surface area (Å²) in [6, 6.07) is 0. The first kappa shape index (κ1) is 16.5. The fraction of sp³-hybridized carbons (Fsp3) is 0.733. The van der Waals surface area contributed by atoms with Crippen LogP contribution in [0.1, 0.15) is 40.0 Å². The molecular weight excluding hydrogens is 256 g/mol. The van der Waals surface area contributed by atoms with Crippen LogP contribution in [0.2, 0.25) is 0 Å². The standard InChI is InChI=1S/C15H26N2O3/c1-5-13(18)16-9-6-12-7-10-17(11-8-12)14(19)20-15(2,3)4/h5,12H,1,6-11H2,2-4H3,(H,16,18). The van der Waals surface area contributed by atoms with Gasteiger partial charge in [-0.25, -0.2) is 4.79 Å². The first-order valence-electron chi connectivity index (χ1n) is 7.20. The van der Waals surface area contributed by atoms with E-state index in [9.17, 15) is 9.59 Å². The number of nitrogens with zero attached hydrogens (tertiary/aromatic N) is 1. The summed E-state index contributed by atoms with van der Waals surface area (Å²) >= 11 is 0. The molecule has 0 saturated carbocycles. The molecule has 1 aliphatic rings. The molecule has 114 valence electrons. The van der Waals surface area contributed by atoms with Gasteiger partial charge in [-0.15, -0.1) is 0 Å². The summed E-state index contributed by atoms with van der Waals surface area (Å²) in [5, 5.41) is 2.78. The minimum absolute atomic E-state index is 0.129. The molecule has 0 aliphatic carbocycles. The molecule has 0 aromatic rings. The minimum atomic E-state index is -0.442. The number of hydrogen-bond donors (Lipinski definition) is 1. The Kier molecular flexibility index (Phi) is 6.05. The average molecular weight is 282 g/mol. The number of rotatable bonds is 4. The fourth-order valence-electron chi connectivity index (χ4n) is 2.20. The maximum atomic E-state index is 11.9. The molecule has 1 fully saturated rings. The van der Waals surface area contributed by atoms with Crippen LogP contribution in [0.5, 0.6) is 0 Å². The van der Waals surface area contributed by atoms with Crippen molar-refractivity contribution in [2.75, 3.05) is 19.6 Å². The molecular formula is C15H26N2O3. The Morgan fingerprint density at radius 1 is 1.35 bits per heavy atom. The fourth-order valence-corrected chi connectivity index (χ4v) is 2.20. The Hall–Kier alpha value is -1.52. The Morgan fingerprint density at radius 3 is 2.45 bits per heavy atom. The summed E-state index contributed by atoms with van der Waals surface area (Å²) in [6.07, 6.45) is 3.93. The maximum Gasteiger partial charge on any atom is 0.410 e. The smallest absolute Gasteiger partial charge is 0.410 e. The second-order valence-corrected chi connectivity index (χ2v) is 6.19. The summed E-state index contributed by atoms with van der Waals surface area (Å²) in [5.74, 6) is 0.426. The Balaban J connectivity index is 2.24. The molecule has 0 unspecified atom stereocenters. The van der Waals surface area contributed by atoms with Gasteiger partial charge >= 0.3 is 6.09 Å². The predicted molar refractivity (Wildman–Crippen MR) is 78.4 cm³/mol. The third-order valence-corrected chi connectivity index (χ3v) is 3.30. The lowest BCUT2D eigenvalue weighted by Gasteiger charge is -2.33. The zero-order chi connectivity index (χ0) is 15.2. The van der Waals surface area contributed by atoms with Crippen molar-refractivity contribution in [2.45, 2.75) is 45.6 Å². The number of likely N-dealkylation sites (tertiary alicyclic amines) is 1. The van der Waals surface area contributed by atoms with E-state index < -0.39 is 5.60 Å². The molecule has 1 N–H and O–H groups in total. The molecule has 0 bridgehead atoms. The summed E-state index contributed by atoms with van der Waals surface area (Å²) in [6.45, 7) is 11.2. The predicted octanol–water partition coefficient (Wildman–Crippen LogP) is 2.33. The molecule has 20 heavy (non-hydrogen) atoms. The van der Waals surface area contributed by atoms with Gasteiger partial charge < -0.3 is 15.0 Å². The van der Waals surface area contributed by atoms with Crippen LogP contribution in [0, 0.1) is 5.92 Å². The van der Waals surface area contributed by atoms with Gasteiger partial charge in [0.15, 0.2) is 0 Å². The third-order valence-electron chi connectivity index (χ3n) is 3.30. The number of carbonyl (C=O) groups is 2. The summed E-state index contributed by atoms with van der Waals surface area (Å²) < 4.78 is 5.36. The average Bonchev–Trinajstić information content (AvgIpc) is 2.37. The molecule has 1 rings (SSSR count). The maximum absolute atomic E-state index is 11.9. The molecule has 5 heteroatoms. The van der Waals surface area contributed by atoms with Crippen molar-refractivity contribution in [3.05, 3.63) is 12.7 Å². The summed E-state index contributed by atoms with van der Waals surface area (Å²) in [4.78, 5) is 24.7. The minimum Gasteiger partial charge on any atom is -0.444 e. The van der Waals surface area contributed by atoms with Gasteiger partial charge in [-0.05, 0) is 52.0 Å². The van der Waals surface area contributed by atoms with E-state index in [0.29, 0.717) is 12.5 Å². The lowest BCUT2D eigenvalue weighted by molar-refractivity contribution is -0.116. The topological polar surface area (TPSA) is 58.6 Å². The van der Waals surface area contributed by atoms with E-state index in [1.807, 2.05) is 20.8 Å². The first-order chi connectivity index (χ1) is 9.31. The number of piperidine rings is 1. The second kappa shape index (κ2) is 7.31. The van der Waals surface area contributed by atoms with Crippen LogP contribution in [0.4, 0.5) is 4.79 Å². The highest BCUT2D eigenvalue weighted by molar-refractivity contribution is 5.86. The van der Waals surface area contributed by atoms with Gasteiger partial charge in [0, 0.05) is 19.6 Å². The van der Waals surface area contributed by atoms with Crippen molar-refractivity contribution in [3.8, 4) is 0 Å². The highest BCUT2D eigenvalue weighted by Gasteiger charge is 2.26. The van der Waals surface area contributed by atoms with Crippen molar-refractivity contribution in [2.24, 2.45) is 5.92 Å². The molecule has 0 aromatic carbocycles. The summed E-state index contributed by atoms with van der Waals surface area (Å²) in [5.41, 5.74) is -0.442. The van der Waals surface area contributed by atoms with Crippen LogP contribution in [-0.4, -0.2) is 42.1 Å². The van der Waals surface area contributed by atoms with Crippen molar-refractivity contribution >= 4 is 12.0 Å². The molecule has 0 spiro atoms. The number of ether oxygens (including phenoxy) is 1. The van der Waals surface area contributed by atoms with E-state index in [4.69, 9.17) is 4.74 Å². The third kappa shape index (κ3) is 6.08. The largest absolute Gasteiger partial charge is 0.444 e. The lowest BCUT2D eigenvalue weighted by atomic mass is 9.94. The van der Waals surface area contributed by atoms with Gasteiger partial charge in [-0.3, -0.25) is 4.79 Å². The Morgan fingerprint density at radius 2 is 1.95 bits per heavy atom.